The number of aliphatic hydroxyl groups excluding tert-OH is 3. The van der Waals surface area contributed by atoms with E-state index >= 15 is 0 Å². The molecule has 2 bridgehead atoms. The fourth-order valence-electron chi connectivity index (χ4n) is 10.7. The third-order valence-electron chi connectivity index (χ3n) is 15.8. The number of piperidine rings is 1. The van der Waals surface area contributed by atoms with E-state index in [4.69, 9.17) is 28.4 Å². The van der Waals surface area contributed by atoms with Gasteiger partial charge in [-0.25, -0.2) is 4.79 Å². The average molecular weight is 1030 g/mol. The van der Waals surface area contributed by atoms with Crippen molar-refractivity contribution in [1.29, 1.82) is 0 Å². The van der Waals surface area contributed by atoms with Gasteiger partial charge < -0.3 is 53.7 Å². The lowest BCUT2D eigenvalue weighted by Crippen LogP contribution is -2.62. The fraction of sp³-hybridized carbons (Fsp3) is 0.750. The molecule has 3 heterocycles. The number of carbonyl (C=O) groups excluding carboxylic acids is 6. The molecule has 1 aliphatic carbocycles. The summed E-state index contributed by atoms with van der Waals surface area (Å²) in [5, 5.41) is 43.3. The zero-order chi connectivity index (χ0) is 54.4. The van der Waals surface area contributed by atoms with Crippen LogP contribution in [0.1, 0.15) is 132 Å². The molecule has 0 aromatic carbocycles. The monoisotopic (exact) mass is 1030 g/mol. The molecule has 4 N–H and O–H groups in total. The van der Waals surface area contributed by atoms with Crippen LogP contribution in [0.2, 0.25) is 0 Å². The van der Waals surface area contributed by atoms with E-state index in [-0.39, 0.29) is 49.2 Å². The van der Waals surface area contributed by atoms with Crippen LogP contribution in [0.15, 0.2) is 47.6 Å². The number of allylic oxidation sites excluding steroid dienone is 6. The summed E-state index contributed by atoms with van der Waals surface area (Å²) in [6.45, 7) is 12.7. The Morgan fingerprint density at radius 2 is 1.55 bits per heavy atom. The van der Waals surface area contributed by atoms with Crippen LogP contribution < -0.4 is 0 Å². The van der Waals surface area contributed by atoms with Gasteiger partial charge >= 0.3 is 17.7 Å². The van der Waals surface area contributed by atoms with Gasteiger partial charge in [0.05, 0.1) is 31.5 Å². The number of methoxy groups -OCH3 is 3. The van der Waals surface area contributed by atoms with Crippen molar-refractivity contribution in [1.82, 2.24) is 4.90 Å². The number of hydrogen-bond donors (Lipinski definition) is 4. The molecule has 73 heavy (non-hydrogen) atoms. The van der Waals surface area contributed by atoms with Gasteiger partial charge in [0.2, 0.25) is 5.78 Å². The van der Waals surface area contributed by atoms with Crippen LogP contribution in [0, 0.1) is 40.9 Å². The van der Waals surface area contributed by atoms with Crippen LogP contribution in [0.3, 0.4) is 0 Å². The first-order chi connectivity index (χ1) is 34.5. The average Bonchev–Trinajstić information content (AvgIpc) is 3.48. The second kappa shape index (κ2) is 28.3. The molecular weight excluding hydrogens is 943 g/mol. The highest BCUT2D eigenvalue weighted by Crippen LogP contribution is 2.37. The number of esters is 2. The summed E-state index contributed by atoms with van der Waals surface area (Å²) >= 11 is 0. The summed E-state index contributed by atoms with van der Waals surface area (Å²) in [5.41, 5.74) is -0.310. The van der Waals surface area contributed by atoms with Crippen LogP contribution in [0.5, 0.6) is 0 Å². The van der Waals surface area contributed by atoms with Crippen molar-refractivity contribution in [3.8, 4) is 0 Å². The molecule has 0 spiro atoms. The summed E-state index contributed by atoms with van der Waals surface area (Å²) in [7, 11) is 4.42. The molecule has 3 fully saturated rings. The molecule has 2 saturated heterocycles. The second-order valence-corrected chi connectivity index (χ2v) is 21.8. The summed E-state index contributed by atoms with van der Waals surface area (Å²) in [5.74, 6) is -9.42. The van der Waals surface area contributed by atoms with Gasteiger partial charge in [-0.1, -0.05) is 71.1 Å². The Morgan fingerprint density at radius 1 is 0.849 bits per heavy atom. The molecule has 3 aliphatic heterocycles. The number of nitrogens with zero attached hydrogens (tertiary/aromatic N) is 1. The van der Waals surface area contributed by atoms with Crippen molar-refractivity contribution in [3.05, 3.63) is 47.6 Å². The lowest BCUT2D eigenvalue weighted by atomic mass is 9.78. The summed E-state index contributed by atoms with van der Waals surface area (Å²) in [6.07, 6.45) is 9.22. The molecule has 412 valence electrons. The Kier molecular flexibility index (Phi) is 23.9. The standard InChI is InChI=1S/C56H87NO16/c1-33-17-13-12-14-18-34(2)45(68-9)29-41-22-20-35(3)51(63)56(67,73-41)53(65)57-24-16-15-19-42(57)52(64)71-46(30-43(60)36(4)26-39(7)49(62)50(70-11)48(61)38(6)25-33)37(5)27-40-21-23-44(47(28-40)69-10)72-54(66)55(8,31-58)32-59/h12-14,17-18,26,33,35-38,40-42,44-47,49-50,58-59,62,67H,15-16,19-25,27-32H2,1-11H3/b14-12+,17-13+,34-18+,39-26+/t33-,35-,36-,37-,38-,40+,41+,42+,44-,45+,46+,47-,49-,50+,56?/m1/s1. The van der Waals surface area contributed by atoms with E-state index in [9.17, 15) is 49.2 Å². The maximum absolute atomic E-state index is 14.8. The molecule has 17 heteroatoms. The van der Waals surface area contributed by atoms with Gasteiger partial charge in [0, 0.05) is 58.5 Å². The van der Waals surface area contributed by atoms with Crippen LogP contribution >= 0.6 is 0 Å². The Balaban J connectivity index is 1.73. The minimum absolute atomic E-state index is 0.0116. The van der Waals surface area contributed by atoms with Crippen LogP contribution in [-0.4, -0.2) is 156 Å². The van der Waals surface area contributed by atoms with Gasteiger partial charge in [-0.05, 0) is 114 Å². The van der Waals surface area contributed by atoms with E-state index in [2.05, 4.69) is 0 Å². The second-order valence-electron chi connectivity index (χ2n) is 21.8. The lowest BCUT2D eigenvalue weighted by molar-refractivity contribution is -0.231. The van der Waals surface area contributed by atoms with Crippen LogP contribution in [0.4, 0.5) is 0 Å². The van der Waals surface area contributed by atoms with Crippen LogP contribution in [-0.2, 0) is 57.2 Å². The normalized spacial score (nSPS) is 37.4. The predicted octanol–water partition coefficient (Wildman–Crippen LogP) is 5.72. The third kappa shape index (κ3) is 16.0. The number of Topliss-reactive ketones (excluding diaryl/α,β-unsaturated/α-hetero) is 3. The van der Waals surface area contributed by atoms with E-state index in [0.29, 0.717) is 63.4 Å². The maximum atomic E-state index is 14.8. The van der Waals surface area contributed by atoms with Crippen molar-refractivity contribution in [2.24, 2.45) is 40.9 Å². The number of aliphatic hydroxyl groups is 4. The number of rotatable bonds is 10. The lowest BCUT2D eigenvalue weighted by Gasteiger charge is -2.40. The van der Waals surface area contributed by atoms with Gasteiger partial charge in [-0.15, -0.1) is 0 Å². The van der Waals surface area contributed by atoms with Crippen molar-refractivity contribution in [2.45, 2.75) is 187 Å². The van der Waals surface area contributed by atoms with E-state index in [1.807, 2.05) is 51.2 Å². The largest absolute Gasteiger partial charge is 0.460 e. The minimum Gasteiger partial charge on any atom is -0.460 e. The van der Waals surface area contributed by atoms with E-state index in [1.54, 1.807) is 40.9 Å². The SMILES string of the molecule is CO[C@H]1C[C@@H]2CC[C@@H](C)C(=O)C(O)(O2)C(=O)N2CCCC[C@H]2C(=O)O[C@H]([C@H](C)C[C@@H]2CC[C@@H](OC(=O)C(C)(CO)CO)[C@H](OC)C2)CC(=O)[C@H](C)/C=C(\C)[C@@H](O)[C@@H](OC)C(=O)[C@H](C)C[C@H](C)/C=C/C=C/C=C/1C. The number of amides is 1. The zero-order valence-corrected chi connectivity index (χ0v) is 45.3. The topological polar surface area (TPSA) is 242 Å². The smallest absolute Gasteiger partial charge is 0.329 e. The fourth-order valence-corrected chi connectivity index (χ4v) is 10.7. The first kappa shape index (κ1) is 61.6. The van der Waals surface area contributed by atoms with Gasteiger partial charge in [0.1, 0.15) is 41.7 Å². The highest BCUT2D eigenvalue weighted by molar-refractivity contribution is 6.09. The number of cyclic esters (lactones) is 1. The molecule has 4 aliphatic rings. The third-order valence-corrected chi connectivity index (χ3v) is 15.8. The molecule has 0 radical (unpaired) electrons. The van der Waals surface area contributed by atoms with Crippen molar-refractivity contribution >= 4 is 35.2 Å². The highest BCUT2D eigenvalue weighted by Gasteiger charge is 2.55. The number of ether oxygens (including phenoxy) is 6. The molecule has 0 aromatic heterocycles. The Hall–Kier alpha value is -3.94. The first-order valence-electron chi connectivity index (χ1n) is 26.4. The van der Waals surface area contributed by atoms with Crippen molar-refractivity contribution in [2.75, 3.05) is 41.1 Å². The highest BCUT2D eigenvalue weighted by atomic mass is 16.6. The van der Waals surface area contributed by atoms with E-state index < -0.39 is 120 Å². The number of ketones is 3. The molecule has 15 atom stereocenters. The van der Waals surface area contributed by atoms with Gasteiger partial charge in [0.15, 0.2) is 5.78 Å². The quantitative estimate of drug-likeness (QED) is 0.116. The molecule has 17 nitrogen and oxygen atoms in total. The number of hydrogen-bond acceptors (Lipinski definition) is 16. The molecule has 0 aromatic rings. The van der Waals surface area contributed by atoms with Crippen LogP contribution in [0.25, 0.3) is 0 Å². The van der Waals surface area contributed by atoms with E-state index in [0.717, 1.165) is 5.57 Å². The molecular formula is C56H87NO16. The van der Waals surface area contributed by atoms with Crippen molar-refractivity contribution < 1.29 is 77.6 Å². The Labute approximate surface area is 433 Å². The maximum Gasteiger partial charge on any atom is 0.329 e. The van der Waals surface area contributed by atoms with Gasteiger partial charge in [0.25, 0.3) is 5.91 Å². The van der Waals surface area contributed by atoms with E-state index in [1.165, 1.54) is 26.0 Å². The molecule has 1 amide bonds. The Morgan fingerprint density at radius 3 is 2.19 bits per heavy atom. The van der Waals surface area contributed by atoms with Gasteiger partial charge in [-0.2, -0.15) is 0 Å². The molecule has 1 saturated carbocycles. The summed E-state index contributed by atoms with van der Waals surface area (Å²) in [4.78, 5) is 85.7. The Bertz CT molecular complexity index is 2010. The van der Waals surface area contributed by atoms with Gasteiger partial charge in [-0.3, -0.25) is 24.0 Å². The minimum atomic E-state index is -2.90. The predicted molar refractivity (Wildman–Crippen MR) is 271 cm³/mol. The number of fused-ring (bicyclic) bond motifs is 3. The molecule has 4 rings (SSSR count). The summed E-state index contributed by atoms with van der Waals surface area (Å²) in [6, 6.07) is -1.22. The molecule has 1 unspecified atom stereocenters. The summed E-state index contributed by atoms with van der Waals surface area (Å²) < 4.78 is 35.6. The first-order valence-corrected chi connectivity index (χ1v) is 26.4. The number of carbonyl (C=O) groups is 6. The zero-order valence-electron chi connectivity index (χ0n) is 45.3. The van der Waals surface area contributed by atoms with Crippen molar-refractivity contribution in [3.63, 3.8) is 0 Å².